The van der Waals surface area contributed by atoms with Crippen LogP contribution in [0.2, 0.25) is 0 Å². The van der Waals surface area contributed by atoms with Gasteiger partial charge in [-0.25, -0.2) is 0 Å². The first-order chi connectivity index (χ1) is 5.61. The van der Waals surface area contributed by atoms with E-state index in [-0.39, 0.29) is 0 Å². The molecule has 0 aromatic heterocycles. The summed E-state index contributed by atoms with van der Waals surface area (Å²) in [6, 6.07) is 0. The lowest BCUT2D eigenvalue weighted by molar-refractivity contribution is 0.255. The fourth-order valence-corrected chi connectivity index (χ4v) is 2.21. The molecule has 12 heavy (non-hydrogen) atoms. The second kappa shape index (κ2) is 4.30. The Hall–Kier alpha value is 0. The van der Waals surface area contributed by atoms with Crippen molar-refractivity contribution in [3.8, 4) is 0 Å². The van der Waals surface area contributed by atoms with Crippen LogP contribution in [0.1, 0.15) is 47.0 Å². The molecular weight excluding hydrogens is 144 g/mol. The van der Waals surface area contributed by atoms with Gasteiger partial charge >= 0.3 is 0 Å². The van der Waals surface area contributed by atoms with Gasteiger partial charge < -0.3 is 0 Å². The first-order valence-electron chi connectivity index (χ1n) is 5.46. The molecule has 0 nitrogen and oxygen atoms in total. The van der Waals surface area contributed by atoms with Crippen LogP contribution in [-0.4, -0.2) is 0 Å². The molecule has 0 aliphatic heterocycles. The van der Waals surface area contributed by atoms with Crippen molar-refractivity contribution in [3.05, 3.63) is 6.42 Å². The standard InChI is InChI=1S/C12H23/c1-9(2)11-6-5-7-12(8-11)10(3)4/h8-12H,5-7H2,1-4H3/t11-,12+. The van der Waals surface area contributed by atoms with Crippen molar-refractivity contribution in [2.75, 3.05) is 0 Å². The monoisotopic (exact) mass is 167 g/mol. The molecular formula is C12H23. The fourth-order valence-electron chi connectivity index (χ4n) is 2.21. The highest BCUT2D eigenvalue weighted by molar-refractivity contribution is 4.90. The van der Waals surface area contributed by atoms with Crippen LogP contribution in [0.25, 0.3) is 0 Å². The minimum Gasteiger partial charge on any atom is -0.0625 e. The normalized spacial score (nSPS) is 31.5. The quantitative estimate of drug-likeness (QED) is 0.585. The maximum absolute atomic E-state index is 2.62. The van der Waals surface area contributed by atoms with Gasteiger partial charge in [0.25, 0.3) is 0 Å². The van der Waals surface area contributed by atoms with Crippen LogP contribution in [0.4, 0.5) is 0 Å². The average Bonchev–Trinajstić information content (AvgIpc) is 2.04. The maximum atomic E-state index is 2.62. The van der Waals surface area contributed by atoms with Crippen LogP contribution >= 0.6 is 0 Å². The van der Waals surface area contributed by atoms with Crippen LogP contribution < -0.4 is 0 Å². The van der Waals surface area contributed by atoms with Crippen molar-refractivity contribution in [2.45, 2.75) is 47.0 Å². The first kappa shape index (κ1) is 10.1. The largest absolute Gasteiger partial charge is 0.0625 e. The van der Waals surface area contributed by atoms with E-state index in [1.807, 2.05) is 0 Å². The lowest BCUT2D eigenvalue weighted by Gasteiger charge is -2.33. The molecule has 0 heteroatoms. The lowest BCUT2D eigenvalue weighted by atomic mass is 9.72. The van der Waals surface area contributed by atoms with Crippen molar-refractivity contribution >= 4 is 0 Å². The van der Waals surface area contributed by atoms with Crippen LogP contribution in [0.5, 0.6) is 0 Å². The Morgan fingerprint density at radius 2 is 1.33 bits per heavy atom. The summed E-state index contributed by atoms with van der Waals surface area (Å²) in [5.74, 6) is 3.50. The molecule has 0 amide bonds. The Morgan fingerprint density at radius 3 is 1.67 bits per heavy atom. The van der Waals surface area contributed by atoms with Crippen molar-refractivity contribution in [3.63, 3.8) is 0 Å². The van der Waals surface area contributed by atoms with Crippen LogP contribution in [-0.2, 0) is 0 Å². The Balaban J connectivity index is 2.40. The first-order valence-corrected chi connectivity index (χ1v) is 5.46. The third kappa shape index (κ3) is 2.50. The van der Waals surface area contributed by atoms with Gasteiger partial charge in [-0.15, -0.1) is 0 Å². The highest BCUT2D eigenvalue weighted by Crippen LogP contribution is 2.36. The molecule has 1 fully saturated rings. The number of hydrogen-bond acceptors (Lipinski definition) is 0. The van der Waals surface area contributed by atoms with E-state index in [0.717, 1.165) is 23.7 Å². The van der Waals surface area contributed by atoms with Gasteiger partial charge in [0, 0.05) is 0 Å². The van der Waals surface area contributed by atoms with Crippen LogP contribution in [0.3, 0.4) is 0 Å². The highest BCUT2D eigenvalue weighted by Gasteiger charge is 2.25. The third-order valence-corrected chi connectivity index (χ3v) is 3.28. The van der Waals surface area contributed by atoms with Gasteiger partial charge in [0.15, 0.2) is 0 Å². The Bertz CT molecular complexity index is 110. The fraction of sp³-hybridized carbons (Fsp3) is 0.917. The summed E-state index contributed by atoms with van der Waals surface area (Å²) in [7, 11) is 0. The molecule has 0 unspecified atom stereocenters. The highest BCUT2D eigenvalue weighted by atomic mass is 14.3. The SMILES string of the molecule is CC(C)[C@@H]1[CH][C@H](C(C)C)CCC1. The average molecular weight is 167 g/mol. The van der Waals surface area contributed by atoms with E-state index in [4.69, 9.17) is 0 Å². The zero-order chi connectivity index (χ0) is 9.14. The van der Waals surface area contributed by atoms with Crippen molar-refractivity contribution in [1.82, 2.24) is 0 Å². The summed E-state index contributed by atoms with van der Waals surface area (Å²) in [5.41, 5.74) is 0. The summed E-state index contributed by atoms with van der Waals surface area (Å²) in [5, 5.41) is 0. The third-order valence-electron chi connectivity index (χ3n) is 3.28. The Labute approximate surface area is 77.7 Å². The molecule has 1 radical (unpaired) electrons. The van der Waals surface area contributed by atoms with Gasteiger partial charge in [0.2, 0.25) is 0 Å². The minimum absolute atomic E-state index is 0.853. The van der Waals surface area contributed by atoms with Gasteiger partial charge in [0.05, 0.1) is 0 Å². The van der Waals surface area contributed by atoms with Crippen molar-refractivity contribution in [1.29, 1.82) is 0 Å². The minimum atomic E-state index is 0.853. The molecule has 0 heterocycles. The van der Waals surface area contributed by atoms with Gasteiger partial charge in [-0.3, -0.25) is 0 Å². The predicted molar refractivity (Wildman–Crippen MR) is 54.8 cm³/mol. The molecule has 1 saturated carbocycles. The number of rotatable bonds is 2. The van der Waals surface area contributed by atoms with Crippen LogP contribution in [0, 0.1) is 30.1 Å². The second-order valence-electron chi connectivity index (χ2n) is 4.94. The van der Waals surface area contributed by atoms with E-state index < -0.39 is 0 Å². The molecule has 0 N–H and O–H groups in total. The van der Waals surface area contributed by atoms with Crippen molar-refractivity contribution < 1.29 is 0 Å². The number of hydrogen-bond donors (Lipinski definition) is 0. The van der Waals surface area contributed by atoms with E-state index in [2.05, 4.69) is 34.1 Å². The molecule has 71 valence electrons. The summed E-state index contributed by atoms with van der Waals surface area (Å²) in [4.78, 5) is 0. The van der Waals surface area contributed by atoms with Gasteiger partial charge in [-0.05, 0) is 42.9 Å². The summed E-state index contributed by atoms with van der Waals surface area (Å²) in [6.07, 6.45) is 6.93. The molecule has 0 bridgehead atoms. The Morgan fingerprint density at radius 1 is 0.917 bits per heavy atom. The molecule has 1 aliphatic rings. The molecule has 0 saturated heterocycles. The smallest absolute Gasteiger partial charge is 0.0319 e. The molecule has 1 aliphatic carbocycles. The van der Waals surface area contributed by atoms with E-state index in [1.54, 1.807) is 0 Å². The van der Waals surface area contributed by atoms with E-state index in [1.165, 1.54) is 19.3 Å². The molecule has 0 aromatic carbocycles. The maximum Gasteiger partial charge on any atom is -0.0319 e. The summed E-state index contributed by atoms with van der Waals surface area (Å²) < 4.78 is 0. The van der Waals surface area contributed by atoms with E-state index in [9.17, 15) is 0 Å². The summed E-state index contributed by atoms with van der Waals surface area (Å²) in [6.45, 7) is 9.40. The Kier molecular flexibility index (Phi) is 3.61. The molecule has 2 atom stereocenters. The van der Waals surface area contributed by atoms with Crippen LogP contribution in [0.15, 0.2) is 0 Å². The molecule has 0 spiro atoms. The van der Waals surface area contributed by atoms with E-state index in [0.29, 0.717) is 0 Å². The zero-order valence-electron chi connectivity index (χ0n) is 9.01. The second-order valence-corrected chi connectivity index (χ2v) is 4.94. The van der Waals surface area contributed by atoms with Gasteiger partial charge in [-0.2, -0.15) is 0 Å². The predicted octanol–water partition coefficient (Wildman–Crippen LogP) is 3.92. The van der Waals surface area contributed by atoms with Gasteiger partial charge in [-0.1, -0.05) is 34.1 Å². The lowest BCUT2D eigenvalue weighted by Crippen LogP contribution is -2.23. The topological polar surface area (TPSA) is 0 Å². The zero-order valence-corrected chi connectivity index (χ0v) is 9.01. The van der Waals surface area contributed by atoms with E-state index >= 15 is 0 Å². The summed E-state index contributed by atoms with van der Waals surface area (Å²) >= 11 is 0. The molecule has 0 aromatic rings. The van der Waals surface area contributed by atoms with Gasteiger partial charge in [0.1, 0.15) is 0 Å². The molecule has 1 rings (SSSR count). The van der Waals surface area contributed by atoms with Crippen molar-refractivity contribution in [2.24, 2.45) is 23.7 Å².